The van der Waals surface area contributed by atoms with Crippen LogP contribution >= 0.6 is 0 Å². The highest BCUT2D eigenvalue weighted by atomic mass is 19.1. The van der Waals surface area contributed by atoms with Crippen LogP contribution in [-0.2, 0) is 0 Å². The molecular weight excluding hydrogens is 265 g/mol. The highest BCUT2D eigenvalue weighted by molar-refractivity contribution is 5.66. The Bertz CT molecular complexity index is 748. The first-order valence-electron chi connectivity index (χ1n) is 6.81. The monoisotopic (exact) mass is 281 g/mol. The summed E-state index contributed by atoms with van der Waals surface area (Å²) in [6.45, 7) is 1.89. The second-order valence-corrected chi connectivity index (χ2v) is 4.98. The molecule has 0 radical (unpaired) electrons. The SMILES string of the molecule is CC(N)c1ccc(F)cc1-c1ccnn1-c1ccccc1. The van der Waals surface area contributed by atoms with Crippen molar-refractivity contribution in [2.45, 2.75) is 13.0 Å². The van der Waals surface area contributed by atoms with Gasteiger partial charge in [-0.05, 0) is 42.8 Å². The Labute approximate surface area is 122 Å². The third-order valence-corrected chi connectivity index (χ3v) is 3.43. The van der Waals surface area contributed by atoms with E-state index >= 15 is 0 Å². The average Bonchev–Trinajstić information content (AvgIpc) is 2.97. The van der Waals surface area contributed by atoms with Crippen molar-refractivity contribution in [2.24, 2.45) is 5.73 Å². The normalized spacial score (nSPS) is 12.3. The van der Waals surface area contributed by atoms with E-state index in [0.29, 0.717) is 0 Å². The number of para-hydroxylation sites is 1. The van der Waals surface area contributed by atoms with Gasteiger partial charge in [0.1, 0.15) is 5.82 Å². The van der Waals surface area contributed by atoms with E-state index in [1.807, 2.05) is 43.3 Å². The van der Waals surface area contributed by atoms with E-state index in [9.17, 15) is 4.39 Å². The lowest BCUT2D eigenvalue weighted by Crippen LogP contribution is -2.08. The van der Waals surface area contributed by atoms with Gasteiger partial charge >= 0.3 is 0 Å². The topological polar surface area (TPSA) is 43.8 Å². The lowest BCUT2D eigenvalue weighted by molar-refractivity contribution is 0.626. The largest absolute Gasteiger partial charge is 0.324 e. The standard InChI is InChI=1S/C17H16FN3/c1-12(19)15-8-7-13(18)11-16(15)17-9-10-20-21(17)14-5-3-2-4-6-14/h2-12H,19H2,1H3. The third kappa shape index (κ3) is 2.58. The Morgan fingerprint density at radius 1 is 1.10 bits per heavy atom. The van der Waals surface area contributed by atoms with Crippen LogP contribution < -0.4 is 5.73 Å². The summed E-state index contributed by atoms with van der Waals surface area (Å²) in [4.78, 5) is 0. The van der Waals surface area contributed by atoms with Gasteiger partial charge in [-0.1, -0.05) is 24.3 Å². The van der Waals surface area contributed by atoms with Crippen LogP contribution in [0.25, 0.3) is 16.9 Å². The van der Waals surface area contributed by atoms with Crippen LogP contribution in [0, 0.1) is 5.82 Å². The first-order valence-corrected chi connectivity index (χ1v) is 6.81. The number of nitrogens with zero attached hydrogens (tertiary/aromatic N) is 2. The molecule has 1 unspecified atom stereocenters. The minimum atomic E-state index is -0.282. The van der Waals surface area contributed by atoms with Gasteiger partial charge < -0.3 is 5.73 Å². The molecule has 21 heavy (non-hydrogen) atoms. The Balaban J connectivity index is 2.19. The van der Waals surface area contributed by atoms with Crippen molar-refractivity contribution in [1.82, 2.24) is 9.78 Å². The summed E-state index contributed by atoms with van der Waals surface area (Å²) < 4.78 is 15.5. The average molecular weight is 281 g/mol. The molecule has 0 saturated heterocycles. The van der Waals surface area contributed by atoms with E-state index < -0.39 is 0 Å². The summed E-state index contributed by atoms with van der Waals surface area (Å²) in [6, 6.07) is 16.1. The molecule has 1 atom stereocenters. The van der Waals surface area contributed by atoms with Crippen LogP contribution in [0.5, 0.6) is 0 Å². The highest BCUT2D eigenvalue weighted by Crippen LogP contribution is 2.29. The molecule has 0 aliphatic rings. The van der Waals surface area contributed by atoms with E-state index in [1.165, 1.54) is 12.1 Å². The van der Waals surface area contributed by atoms with Gasteiger partial charge in [-0.2, -0.15) is 5.10 Å². The predicted octanol–water partition coefficient (Wildman–Crippen LogP) is 3.70. The molecule has 0 bridgehead atoms. The molecule has 3 nitrogen and oxygen atoms in total. The van der Waals surface area contributed by atoms with Crippen LogP contribution in [0.1, 0.15) is 18.5 Å². The molecular formula is C17H16FN3. The minimum Gasteiger partial charge on any atom is -0.324 e. The molecule has 1 heterocycles. The maximum atomic E-state index is 13.7. The summed E-state index contributed by atoms with van der Waals surface area (Å²) in [6.07, 6.45) is 1.71. The predicted molar refractivity (Wildman–Crippen MR) is 81.6 cm³/mol. The lowest BCUT2D eigenvalue weighted by atomic mass is 9.99. The molecule has 106 valence electrons. The lowest BCUT2D eigenvalue weighted by Gasteiger charge is -2.14. The molecule has 0 amide bonds. The van der Waals surface area contributed by atoms with Crippen molar-refractivity contribution in [2.75, 3.05) is 0 Å². The first kappa shape index (κ1) is 13.5. The number of rotatable bonds is 3. The van der Waals surface area contributed by atoms with Crippen LogP contribution in [0.15, 0.2) is 60.8 Å². The number of hydrogen-bond acceptors (Lipinski definition) is 2. The fraction of sp³-hybridized carbons (Fsp3) is 0.118. The smallest absolute Gasteiger partial charge is 0.123 e. The van der Waals surface area contributed by atoms with Crippen LogP contribution in [0.4, 0.5) is 4.39 Å². The molecule has 2 N–H and O–H groups in total. The molecule has 0 fully saturated rings. The number of benzene rings is 2. The molecule has 0 saturated carbocycles. The Kier molecular flexibility index (Phi) is 3.54. The van der Waals surface area contributed by atoms with E-state index in [4.69, 9.17) is 5.73 Å². The molecule has 1 aromatic heterocycles. The van der Waals surface area contributed by atoms with Crippen molar-refractivity contribution < 1.29 is 4.39 Å². The highest BCUT2D eigenvalue weighted by Gasteiger charge is 2.14. The van der Waals surface area contributed by atoms with Crippen LogP contribution in [-0.4, -0.2) is 9.78 Å². The zero-order valence-corrected chi connectivity index (χ0v) is 11.7. The van der Waals surface area contributed by atoms with E-state index in [1.54, 1.807) is 16.9 Å². The van der Waals surface area contributed by atoms with Gasteiger partial charge in [0.25, 0.3) is 0 Å². The summed E-state index contributed by atoms with van der Waals surface area (Å²) in [5.74, 6) is -0.282. The Hall–Kier alpha value is -2.46. The zero-order chi connectivity index (χ0) is 14.8. The van der Waals surface area contributed by atoms with Gasteiger partial charge in [-0.3, -0.25) is 0 Å². The van der Waals surface area contributed by atoms with Crippen molar-refractivity contribution >= 4 is 0 Å². The molecule has 3 aromatic rings. The number of hydrogen-bond donors (Lipinski definition) is 1. The molecule has 0 aliphatic heterocycles. The maximum Gasteiger partial charge on any atom is 0.123 e. The van der Waals surface area contributed by atoms with Gasteiger partial charge in [0, 0.05) is 11.6 Å². The van der Waals surface area contributed by atoms with Crippen molar-refractivity contribution in [3.63, 3.8) is 0 Å². The van der Waals surface area contributed by atoms with Gasteiger partial charge in [0.2, 0.25) is 0 Å². The molecule has 0 aliphatic carbocycles. The summed E-state index contributed by atoms with van der Waals surface area (Å²) in [7, 11) is 0. The van der Waals surface area contributed by atoms with E-state index in [0.717, 1.165) is 22.5 Å². The van der Waals surface area contributed by atoms with Gasteiger partial charge in [0.05, 0.1) is 17.6 Å². The summed E-state index contributed by atoms with van der Waals surface area (Å²) in [5.41, 5.74) is 9.43. The molecule has 4 heteroatoms. The van der Waals surface area contributed by atoms with Crippen LogP contribution in [0.3, 0.4) is 0 Å². The summed E-state index contributed by atoms with van der Waals surface area (Å²) in [5, 5.41) is 4.35. The minimum absolute atomic E-state index is 0.181. The maximum absolute atomic E-state index is 13.7. The first-order chi connectivity index (χ1) is 10.2. The van der Waals surface area contributed by atoms with Crippen molar-refractivity contribution in [1.29, 1.82) is 0 Å². The second-order valence-electron chi connectivity index (χ2n) is 4.98. The molecule has 0 spiro atoms. The third-order valence-electron chi connectivity index (χ3n) is 3.43. The van der Waals surface area contributed by atoms with Crippen molar-refractivity contribution in [3.05, 3.63) is 72.2 Å². The Morgan fingerprint density at radius 3 is 2.57 bits per heavy atom. The fourth-order valence-corrected chi connectivity index (χ4v) is 2.43. The fourth-order valence-electron chi connectivity index (χ4n) is 2.43. The molecule has 3 rings (SSSR count). The van der Waals surface area contributed by atoms with Crippen LogP contribution in [0.2, 0.25) is 0 Å². The summed E-state index contributed by atoms with van der Waals surface area (Å²) >= 11 is 0. The van der Waals surface area contributed by atoms with Gasteiger partial charge in [-0.25, -0.2) is 9.07 Å². The van der Waals surface area contributed by atoms with Gasteiger partial charge in [-0.15, -0.1) is 0 Å². The number of halogens is 1. The van der Waals surface area contributed by atoms with E-state index in [-0.39, 0.29) is 11.9 Å². The number of nitrogens with two attached hydrogens (primary N) is 1. The van der Waals surface area contributed by atoms with Crippen molar-refractivity contribution in [3.8, 4) is 16.9 Å². The zero-order valence-electron chi connectivity index (χ0n) is 11.7. The number of aromatic nitrogens is 2. The Morgan fingerprint density at radius 2 is 1.86 bits per heavy atom. The quantitative estimate of drug-likeness (QED) is 0.795. The molecule has 2 aromatic carbocycles. The van der Waals surface area contributed by atoms with Gasteiger partial charge in [0.15, 0.2) is 0 Å². The second kappa shape index (κ2) is 5.50. The van der Waals surface area contributed by atoms with E-state index in [2.05, 4.69) is 5.10 Å².